The van der Waals surface area contributed by atoms with E-state index in [-0.39, 0.29) is 29.5 Å². The minimum absolute atomic E-state index is 0.194. The van der Waals surface area contributed by atoms with Gasteiger partial charge in [-0.25, -0.2) is 0 Å². The van der Waals surface area contributed by atoms with E-state index < -0.39 is 29.1 Å². The van der Waals surface area contributed by atoms with Crippen LogP contribution in [0.1, 0.15) is 26.7 Å². The summed E-state index contributed by atoms with van der Waals surface area (Å²) in [6.45, 7) is 3.96. The van der Waals surface area contributed by atoms with Crippen LogP contribution in [-0.2, 0) is 19.2 Å². The molecule has 1 saturated carbocycles. The molecule has 2 heterocycles. The molecule has 24 heavy (non-hydrogen) atoms. The summed E-state index contributed by atoms with van der Waals surface area (Å²) >= 11 is 0. The predicted octanol–water partition coefficient (Wildman–Crippen LogP) is 0.825. The number of likely N-dealkylation sites (tertiary alicyclic amines) is 2. The maximum absolute atomic E-state index is 12.8. The Morgan fingerprint density at radius 3 is 1.67 bits per heavy atom. The van der Waals surface area contributed by atoms with Crippen molar-refractivity contribution < 1.29 is 19.2 Å². The Labute approximate surface area is 140 Å². The molecule has 2 bridgehead atoms. The molecule has 0 spiro atoms. The molecule has 0 aromatic heterocycles. The molecule has 3 aliphatic carbocycles. The zero-order valence-electron chi connectivity index (χ0n) is 14.4. The summed E-state index contributed by atoms with van der Waals surface area (Å²) in [7, 11) is 3.03. The average molecular weight is 330 g/mol. The van der Waals surface area contributed by atoms with Crippen molar-refractivity contribution >= 4 is 23.6 Å². The third kappa shape index (κ3) is 1.40. The predicted molar refractivity (Wildman–Crippen MR) is 84.1 cm³/mol. The summed E-state index contributed by atoms with van der Waals surface area (Å²) in [6.07, 6.45) is 3.38. The molecular formula is C18H22N2O4. The van der Waals surface area contributed by atoms with Crippen LogP contribution in [0.2, 0.25) is 0 Å². The zero-order chi connectivity index (χ0) is 17.5. The highest BCUT2D eigenvalue weighted by molar-refractivity contribution is 6.11. The first-order chi connectivity index (χ1) is 11.3. The number of nitrogens with zero attached hydrogens (tertiary/aromatic N) is 2. The van der Waals surface area contributed by atoms with Crippen LogP contribution >= 0.6 is 0 Å². The van der Waals surface area contributed by atoms with Crippen molar-refractivity contribution in [1.29, 1.82) is 0 Å². The van der Waals surface area contributed by atoms with Crippen molar-refractivity contribution in [3.05, 3.63) is 11.6 Å². The molecule has 2 unspecified atom stereocenters. The molecule has 2 saturated heterocycles. The van der Waals surface area contributed by atoms with Crippen molar-refractivity contribution in [2.45, 2.75) is 26.7 Å². The van der Waals surface area contributed by atoms with Crippen LogP contribution in [0.25, 0.3) is 0 Å². The van der Waals surface area contributed by atoms with Gasteiger partial charge in [-0.2, -0.15) is 0 Å². The maximum atomic E-state index is 12.8. The van der Waals surface area contributed by atoms with E-state index in [1.54, 1.807) is 0 Å². The summed E-state index contributed by atoms with van der Waals surface area (Å²) in [5, 5.41) is 0. The second-order valence-corrected chi connectivity index (χ2v) is 7.54. The van der Waals surface area contributed by atoms with Crippen LogP contribution in [0.5, 0.6) is 0 Å². The first-order valence-electron chi connectivity index (χ1n) is 8.66. The minimum atomic E-state index is -0.718. The van der Waals surface area contributed by atoms with Gasteiger partial charge in [-0.1, -0.05) is 25.5 Å². The van der Waals surface area contributed by atoms with Gasteiger partial charge < -0.3 is 0 Å². The van der Waals surface area contributed by atoms with E-state index in [0.29, 0.717) is 6.42 Å². The van der Waals surface area contributed by atoms with Gasteiger partial charge in [-0.3, -0.25) is 29.0 Å². The number of carbonyl (C=O) groups is 4. The molecule has 6 atom stereocenters. The lowest BCUT2D eigenvalue weighted by molar-refractivity contribution is -0.148. The van der Waals surface area contributed by atoms with Gasteiger partial charge in [0, 0.05) is 25.4 Å². The van der Waals surface area contributed by atoms with E-state index in [1.807, 2.05) is 13.8 Å². The summed E-state index contributed by atoms with van der Waals surface area (Å²) in [6, 6.07) is 0. The van der Waals surface area contributed by atoms with Crippen molar-refractivity contribution in [1.82, 2.24) is 9.80 Å². The topological polar surface area (TPSA) is 74.8 Å². The number of rotatable bonds is 2. The Balaban J connectivity index is 2.00. The summed E-state index contributed by atoms with van der Waals surface area (Å²) < 4.78 is 0. The molecule has 2 aliphatic heterocycles. The van der Waals surface area contributed by atoms with Gasteiger partial charge in [0.05, 0.1) is 23.7 Å². The second-order valence-electron chi connectivity index (χ2n) is 7.54. The largest absolute Gasteiger partial charge is 0.285 e. The Bertz CT molecular complexity index is 679. The van der Waals surface area contributed by atoms with Crippen molar-refractivity contribution in [3.63, 3.8) is 0 Å². The second kappa shape index (κ2) is 4.55. The quantitative estimate of drug-likeness (QED) is 0.555. The van der Waals surface area contributed by atoms with Gasteiger partial charge in [0.1, 0.15) is 0 Å². The summed E-state index contributed by atoms with van der Waals surface area (Å²) in [5.41, 5.74) is 0.344. The molecule has 3 fully saturated rings. The molecular weight excluding hydrogens is 308 g/mol. The fourth-order valence-corrected chi connectivity index (χ4v) is 5.90. The molecule has 0 aromatic rings. The van der Waals surface area contributed by atoms with E-state index in [0.717, 1.165) is 12.0 Å². The van der Waals surface area contributed by atoms with Gasteiger partial charge in [0.15, 0.2) is 0 Å². The zero-order valence-corrected chi connectivity index (χ0v) is 14.4. The van der Waals surface area contributed by atoms with Crippen LogP contribution in [0.15, 0.2) is 11.6 Å². The molecule has 6 heteroatoms. The Kier molecular flexibility index (Phi) is 2.95. The fraction of sp³-hybridized carbons (Fsp3) is 0.667. The van der Waals surface area contributed by atoms with Crippen LogP contribution in [0, 0.1) is 35.0 Å². The van der Waals surface area contributed by atoms with Gasteiger partial charge in [-0.15, -0.1) is 0 Å². The van der Waals surface area contributed by atoms with Gasteiger partial charge in [0.25, 0.3) is 0 Å². The fourth-order valence-electron chi connectivity index (χ4n) is 5.90. The highest BCUT2D eigenvalue weighted by Crippen LogP contribution is 2.67. The van der Waals surface area contributed by atoms with E-state index in [1.165, 1.54) is 23.9 Å². The Morgan fingerprint density at radius 1 is 0.833 bits per heavy atom. The van der Waals surface area contributed by atoms with Crippen LogP contribution in [0.4, 0.5) is 0 Å². The molecule has 0 radical (unpaired) electrons. The first kappa shape index (κ1) is 15.5. The molecule has 5 rings (SSSR count). The molecule has 4 amide bonds. The molecule has 6 nitrogen and oxygen atoms in total. The standard InChI is InChI=1S/C18H22N2O4/c1-5-8-7-18(6-2)12-10(14(21)19(3)16(12)23)9(8)11-13(18)17(24)20(4)15(11)22/h7,9-13H,5-6H2,1-4H3/t9?,10-,11+,12+,13-,18?. The van der Waals surface area contributed by atoms with Crippen LogP contribution in [-0.4, -0.2) is 47.5 Å². The highest BCUT2D eigenvalue weighted by Gasteiger charge is 2.74. The van der Waals surface area contributed by atoms with Gasteiger partial charge >= 0.3 is 0 Å². The lowest BCUT2D eigenvalue weighted by atomic mass is 9.44. The minimum Gasteiger partial charge on any atom is -0.285 e. The van der Waals surface area contributed by atoms with Gasteiger partial charge in [0.2, 0.25) is 23.6 Å². The maximum Gasteiger partial charge on any atom is 0.233 e. The molecule has 0 N–H and O–H groups in total. The average Bonchev–Trinajstić information content (AvgIpc) is 2.97. The number of hydrogen-bond acceptors (Lipinski definition) is 4. The molecule has 5 aliphatic rings. The van der Waals surface area contributed by atoms with Crippen molar-refractivity contribution in [2.75, 3.05) is 14.1 Å². The number of imide groups is 2. The molecule has 0 aromatic carbocycles. The Hall–Kier alpha value is -1.98. The lowest BCUT2D eigenvalue weighted by Gasteiger charge is -2.55. The van der Waals surface area contributed by atoms with Gasteiger partial charge in [-0.05, 0) is 12.8 Å². The van der Waals surface area contributed by atoms with E-state index in [9.17, 15) is 19.2 Å². The Morgan fingerprint density at radius 2 is 1.29 bits per heavy atom. The van der Waals surface area contributed by atoms with Crippen LogP contribution < -0.4 is 0 Å². The first-order valence-corrected chi connectivity index (χ1v) is 8.66. The van der Waals surface area contributed by atoms with E-state index >= 15 is 0 Å². The lowest BCUT2D eigenvalue weighted by Crippen LogP contribution is -2.59. The molecule has 128 valence electrons. The van der Waals surface area contributed by atoms with Crippen molar-refractivity contribution in [3.8, 4) is 0 Å². The monoisotopic (exact) mass is 330 g/mol. The third-order valence-electron chi connectivity index (χ3n) is 6.98. The van der Waals surface area contributed by atoms with E-state index in [4.69, 9.17) is 0 Å². The van der Waals surface area contributed by atoms with E-state index in [2.05, 4.69) is 6.08 Å². The smallest absolute Gasteiger partial charge is 0.233 e. The normalized spacial score (nSPS) is 43.5. The number of carbonyl (C=O) groups excluding carboxylic acids is 4. The number of amides is 4. The summed E-state index contributed by atoms with van der Waals surface area (Å²) in [5.74, 6) is -3.11. The van der Waals surface area contributed by atoms with Crippen LogP contribution in [0.3, 0.4) is 0 Å². The van der Waals surface area contributed by atoms with Crippen molar-refractivity contribution in [2.24, 2.45) is 35.0 Å². The third-order valence-corrected chi connectivity index (χ3v) is 6.98. The summed E-state index contributed by atoms with van der Waals surface area (Å²) in [4.78, 5) is 53.6. The highest BCUT2D eigenvalue weighted by atomic mass is 16.2. The number of hydrogen-bond donors (Lipinski definition) is 0. The SMILES string of the molecule is CCC1=CC2(CC)[C@@H]3C(=O)N(C)C(=O)[C@@H]3C1[C@@H]1C(=O)N(C)C(=O)[C@@H]12. The number of allylic oxidation sites excluding steroid dienone is 2.